The average Bonchev–Trinajstić information content (AvgIpc) is 1.90. The zero-order chi connectivity index (χ0) is 5.82. The Bertz CT molecular complexity index is 175. The molecule has 0 aliphatic rings. The van der Waals surface area contributed by atoms with Gasteiger partial charge < -0.3 is 0 Å². The van der Waals surface area contributed by atoms with Crippen LogP contribution < -0.4 is 5.30 Å². The molecule has 0 spiro atoms. The maximum Gasteiger partial charge on any atom is 0.192 e. The zero-order valence-electron chi connectivity index (χ0n) is 4.11. The standard InChI is InChI=1S/C5H4NOP/c7-8-5-1-3-6-4-2-5/h1-4H. The van der Waals surface area contributed by atoms with Crippen molar-refractivity contribution in [2.45, 2.75) is 0 Å². The minimum Gasteiger partial charge on any atom is -0.269 e. The highest BCUT2D eigenvalue weighted by Gasteiger charge is 1.82. The molecule has 40 valence electrons. The second-order valence-corrected chi connectivity index (χ2v) is 2.00. The van der Waals surface area contributed by atoms with Gasteiger partial charge in [-0.3, -0.25) is 9.55 Å². The van der Waals surface area contributed by atoms with E-state index in [4.69, 9.17) is 0 Å². The predicted molar refractivity (Wildman–Crippen MR) is 31.5 cm³/mol. The van der Waals surface area contributed by atoms with Crippen LogP contribution in [0.2, 0.25) is 0 Å². The van der Waals surface area contributed by atoms with Crippen molar-refractivity contribution >= 4 is 13.8 Å². The number of nitrogens with zero attached hydrogens (tertiary/aromatic N) is 1. The third-order valence-corrected chi connectivity index (χ3v) is 1.28. The second-order valence-electron chi connectivity index (χ2n) is 1.30. The summed E-state index contributed by atoms with van der Waals surface area (Å²) in [7, 11) is 0.0594. The third kappa shape index (κ3) is 1.11. The van der Waals surface area contributed by atoms with E-state index in [1.165, 1.54) is 0 Å². The maximum absolute atomic E-state index is 10.1. The highest BCUT2D eigenvalue weighted by molar-refractivity contribution is 7.34. The SMILES string of the molecule is O=Pc1ccncc1. The van der Waals surface area contributed by atoms with Crippen LogP contribution in [0.1, 0.15) is 0 Å². The Morgan fingerprint density at radius 3 is 2.38 bits per heavy atom. The van der Waals surface area contributed by atoms with E-state index in [9.17, 15) is 4.57 Å². The lowest BCUT2D eigenvalue weighted by molar-refractivity contribution is 0.603. The topological polar surface area (TPSA) is 30.0 Å². The molecular weight excluding hydrogens is 121 g/mol. The van der Waals surface area contributed by atoms with E-state index in [2.05, 4.69) is 4.98 Å². The van der Waals surface area contributed by atoms with Crippen molar-refractivity contribution in [1.82, 2.24) is 4.98 Å². The van der Waals surface area contributed by atoms with Crippen molar-refractivity contribution < 1.29 is 4.57 Å². The first-order valence-corrected chi connectivity index (χ1v) is 2.98. The number of hydrogen-bond acceptors (Lipinski definition) is 2. The van der Waals surface area contributed by atoms with Crippen LogP contribution in [-0.4, -0.2) is 4.98 Å². The number of aromatic nitrogens is 1. The molecule has 0 N–H and O–H groups in total. The first kappa shape index (κ1) is 5.39. The maximum atomic E-state index is 10.1. The van der Waals surface area contributed by atoms with Crippen LogP contribution in [-0.2, 0) is 4.57 Å². The van der Waals surface area contributed by atoms with Crippen LogP contribution in [0.5, 0.6) is 0 Å². The Kier molecular flexibility index (Phi) is 1.70. The molecule has 0 saturated heterocycles. The van der Waals surface area contributed by atoms with E-state index in [0.29, 0.717) is 0 Å². The van der Waals surface area contributed by atoms with E-state index in [-0.39, 0.29) is 8.46 Å². The summed E-state index contributed by atoms with van der Waals surface area (Å²) < 4.78 is 10.1. The summed E-state index contributed by atoms with van der Waals surface area (Å²) in [6, 6.07) is 3.41. The van der Waals surface area contributed by atoms with Crippen molar-refractivity contribution in [1.29, 1.82) is 0 Å². The Labute approximate surface area is 48.8 Å². The summed E-state index contributed by atoms with van der Waals surface area (Å²) in [6.07, 6.45) is 3.22. The van der Waals surface area contributed by atoms with Crippen LogP contribution >= 0.6 is 8.46 Å². The monoisotopic (exact) mass is 125 g/mol. The molecule has 0 radical (unpaired) electrons. The minimum atomic E-state index is 0.0594. The largest absolute Gasteiger partial charge is 0.269 e. The Hall–Kier alpha value is -0.750. The molecule has 8 heavy (non-hydrogen) atoms. The molecule has 0 fully saturated rings. The van der Waals surface area contributed by atoms with Gasteiger partial charge in [-0.15, -0.1) is 0 Å². The van der Waals surface area contributed by atoms with Crippen LogP contribution in [0.3, 0.4) is 0 Å². The summed E-state index contributed by atoms with van der Waals surface area (Å²) in [6.45, 7) is 0. The summed E-state index contributed by atoms with van der Waals surface area (Å²) in [4.78, 5) is 3.75. The average molecular weight is 125 g/mol. The lowest BCUT2D eigenvalue weighted by Gasteiger charge is -1.80. The lowest BCUT2D eigenvalue weighted by Crippen LogP contribution is -1.87. The first-order valence-electron chi connectivity index (χ1n) is 2.17. The van der Waals surface area contributed by atoms with Crippen molar-refractivity contribution in [3.63, 3.8) is 0 Å². The lowest BCUT2D eigenvalue weighted by atomic mass is 10.5. The molecule has 1 heterocycles. The van der Waals surface area contributed by atoms with Gasteiger partial charge >= 0.3 is 0 Å². The highest BCUT2D eigenvalue weighted by Crippen LogP contribution is 1.90. The van der Waals surface area contributed by atoms with Crippen LogP contribution in [0, 0.1) is 0 Å². The molecule has 0 aromatic carbocycles. The second kappa shape index (κ2) is 2.53. The van der Waals surface area contributed by atoms with Gasteiger partial charge in [0.1, 0.15) is 0 Å². The van der Waals surface area contributed by atoms with Crippen molar-refractivity contribution in [3.8, 4) is 0 Å². The minimum absolute atomic E-state index is 0.0594. The Morgan fingerprint density at radius 1 is 1.38 bits per heavy atom. The van der Waals surface area contributed by atoms with Crippen LogP contribution in [0.25, 0.3) is 0 Å². The molecule has 0 unspecified atom stereocenters. The van der Waals surface area contributed by atoms with E-state index >= 15 is 0 Å². The quantitative estimate of drug-likeness (QED) is 0.524. The van der Waals surface area contributed by atoms with Gasteiger partial charge in [0.2, 0.25) is 0 Å². The van der Waals surface area contributed by atoms with Gasteiger partial charge in [0.25, 0.3) is 0 Å². The van der Waals surface area contributed by atoms with Gasteiger partial charge in [-0.05, 0) is 12.1 Å². The molecule has 1 aromatic heterocycles. The number of hydrogen-bond donors (Lipinski definition) is 0. The summed E-state index contributed by atoms with van der Waals surface area (Å²) >= 11 is 0. The van der Waals surface area contributed by atoms with Crippen molar-refractivity contribution in [2.24, 2.45) is 0 Å². The van der Waals surface area contributed by atoms with Gasteiger partial charge in [0.05, 0.1) is 0 Å². The smallest absolute Gasteiger partial charge is 0.192 e. The molecule has 0 amide bonds. The van der Waals surface area contributed by atoms with E-state index in [1.807, 2.05) is 0 Å². The molecular formula is C5H4NOP. The van der Waals surface area contributed by atoms with Crippen LogP contribution in [0.4, 0.5) is 0 Å². The zero-order valence-corrected chi connectivity index (χ0v) is 5.01. The summed E-state index contributed by atoms with van der Waals surface area (Å²) in [5.41, 5.74) is 0. The normalized spacial score (nSPS) is 9.50. The number of pyridine rings is 1. The predicted octanol–water partition coefficient (Wildman–Crippen LogP) is 0.999. The van der Waals surface area contributed by atoms with Gasteiger partial charge in [0, 0.05) is 17.7 Å². The van der Waals surface area contributed by atoms with E-state index in [1.54, 1.807) is 24.5 Å². The molecule has 3 heteroatoms. The van der Waals surface area contributed by atoms with E-state index in [0.717, 1.165) is 5.30 Å². The van der Waals surface area contributed by atoms with Crippen molar-refractivity contribution in [2.75, 3.05) is 0 Å². The molecule has 0 bridgehead atoms. The molecule has 0 aliphatic carbocycles. The molecule has 0 aliphatic heterocycles. The molecule has 0 saturated carbocycles. The Morgan fingerprint density at radius 2 is 2.00 bits per heavy atom. The summed E-state index contributed by atoms with van der Waals surface area (Å²) in [5, 5.41) is 0.764. The Balaban J connectivity index is 2.99. The first-order chi connectivity index (χ1) is 3.93. The van der Waals surface area contributed by atoms with Crippen LogP contribution in [0.15, 0.2) is 24.5 Å². The van der Waals surface area contributed by atoms with Crippen molar-refractivity contribution in [3.05, 3.63) is 24.5 Å². The number of rotatable bonds is 1. The van der Waals surface area contributed by atoms with E-state index < -0.39 is 0 Å². The fourth-order valence-electron chi connectivity index (χ4n) is 0.405. The summed E-state index contributed by atoms with van der Waals surface area (Å²) in [5.74, 6) is 0. The van der Waals surface area contributed by atoms with Gasteiger partial charge in [-0.2, -0.15) is 0 Å². The highest BCUT2D eigenvalue weighted by atomic mass is 31.1. The van der Waals surface area contributed by atoms with Gasteiger partial charge in [-0.25, -0.2) is 0 Å². The van der Waals surface area contributed by atoms with Gasteiger partial charge in [0.15, 0.2) is 8.46 Å². The molecule has 1 rings (SSSR count). The van der Waals surface area contributed by atoms with Gasteiger partial charge in [-0.1, -0.05) is 0 Å². The fraction of sp³-hybridized carbons (Fsp3) is 0. The molecule has 1 aromatic rings. The molecule has 0 atom stereocenters. The molecule has 2 nitrogen and oxygen atoms in total. The fourth-order valence-corrected chi connectivity index (χ4v) is 0.660. The third-order valence-electron chi connectivity index (χ3n) is 0.768.